The van der Waals surface area contributed by atoms with Crippen molar-refractivity contribution in [2.45, 2.75) is 38.3 Å². The van der Waals surface area contributed by atoms with E-state index in [1.54, 1.807) is 0 Å². The van der Waals surface area contributed by atoms with E-state index >= 15 is 0 Å². The van der Waals surface area contributed by atoms with Crippen molar-refractivity contribution < 1.29 is 4.79 Å². The molecule has 1 saturated heterocycles. The fourth-order valence-electron chi connectivity index (χ4n) is 3.63. The third kappa shape index (κ3) is 5.41. The highest BCUT2D eigenvalue weighted by Crippen LogP contribution is 2.18. The number of hydrogen-bond acceptors (Lipinski definition) is 3. The number of benzene rings is 2. The second-order valence-corrected chi connectivity index (χ2v) is 7.11. The summed E-state index contributed by atoms with van der Waals surface area (Å²) in [5.74, 6) is 0.172. The SMILES string of the molecule is N=C(N)c1ccc(CNC(=O)[C@@H]2CCCN2CCCc2ccccc2)cc1. The van der Waals surface area contributed by atoms with E-state index in [-0.39, 0.29) is 17.8 Å². The lowest BCUT2D eigenvalue weighted by atomic mass is 10.1. The van der Waals surface area contributed by atoms with Crippen LogP contribution >= 0.6 is 0 Å². The van der Waals surface area contributed by atoms with Gasteiger partial charge in [0.1, 0.15) is 5.84 Å². The van der Waals surface area contributed by atoms with Gasteiger partial charge in [0.2, 0.25) is 5.91 Å². The fraction of sp³-hybridized carbons (Fsp3) is 0.364. The van der Waals surface area contributed by atoms with Crippen LogP contribution in [-0.4, -0.2) is 35.8 Å². The molecule has 1 amide bonds. The van der Waals surface area contributed by atoms with Crippen molar-refractivity contribution in [3.63, 3.8) is 0 Å². The van der Waals surface area contributed by atoms with Gasteiger partial charge in [0, 0.05) is 12.1 Å². The van der Waals surface area contributed by atoms with Gasteiger partial charge in [0.15, 0.2) is 0 Å². The van der Waals surface area contributed by atoms with Crippen molar-refractivity contribution >= 4 is 11.7 Å². The maximum atomic E-state index is 12.6. The maximum absolute atomic E-state index is 12.6. The zero-order valence-electron chi connectivity index (χ0n) is 15.7. The smallest absolute Gasteiger partial charge is 0.237 e. The minimum absolute atomic E-state index is 0.0164. The van der Waals surface area contributed by atoms with Crippen LogP contribution in [0.2, 0.25) is 0 Å². The highest BCUT2D eigenvalue weighted by atomic mass is 16.2. The molecule has 3 rings (SSSR count). The molecule has 142 valence electrons. The number of carbonyl (C=O) groups excluding carboxylic acids is 1. The number of nitrogens with one attached hydrogen (secondary N) is 2. The van der Waals surface area contributed by atoms with Gasteiger partial charge in [0.05, 0.1) is 6.04 Å². The molecule has 4 N–H and O–H groups in total. The molecular weight excluding hydrogens is 336 g/mol. The summed E-state index contributed by atoms with van der Waals surface area (Å²) in [6.07, 6.45) is 4.13. The molecule has 27 heavy (non-hydrogen) atoms. The van der Waals surface area contributed by atoms with E-state index in [1.165, 1.54) is 5.56 Å². The van der Waals surface area contributed by atoms with Crippen molar-refractivity contribution in [3.8, 4) is 0 Å². The lowest BCUT2D eigenvalue weighted by Crippen LogP contribution is -2.43. The molecule has 0 spiro atoms. The maximum Gasteiger partial charge on any atom is 0.237 e. The number of likely N-dealkylation sites (tertiary alicyclic amines) is 1. The van der Waals surface area contributed by atoms with Crippen molar-refractivity contribution in [3.05, 3.63) is 71.3 Å². The minimum Gasteiger partial charge on any atom is -0.384 e. The number of nitrogen functional groups attached to an aromatic ring is 1. The van der Waals surface area contributed by atoms with Gasteiger partial charge < -0.3 is 11.1 Å². The normalized spacial score (nSPS) is 17.0. The Morgan fingerprint density at radius 2 is 1.85 bits per heavy atom. The Labute approximate surface area is 161 Å². The number of nitrogens with zero attached hydrogens (tertiary/aromatic N) is 1. The van der Waals surface area contributed by atoms with Gasteiger partial charge in [-0.25, -0.2) is 0 Å². The van der Waals surface area contributed by atoms with E-state index in [4.69, 9.17) is 11.1 Å². The Kier molecular flexibility index (Phi) is 6.60. The first-order valence-electron chi connectivity index (χ1n) is 9.62. The van der Waals surface area contributed by atoms with Crippen LogP contribution in [0.25, 0.3) is 0 Å². The number of aryl methyl sites for hydroxylation is 1. The fourth-order valence-corrected chi connectivity index (χ4v) is 3.63. The second-order valence-electron chi connectivity index (χ2n) is 7.11. The predicted octanol–water partition coefficient (Wildman–Crippen LogP) is 2.68. The summed E-state index contributed by atoms with van der Waals surface area (Å²) in [4.78, 5) is 14.9. The molecule has 0 aliphatic carbocycles. The molecule has 1 atom stereocenters. The van der Waals surface area contributed by atoms with Crippen LogP contribution in [0.3, 0.4) is 0 Å². The highest BCUT2D eigenvalue weighted by molar-refractivity contribution is 5.94. The molecule has 0 aromatic heterocycles. The van der Waals surface area contributed by atoms with E-state index in [0.29, 0.717) is 12.1 Å². The Morgan fingerprint density at radius 1 is 1.11 bits per heavy atom. The third-order valence-electron chi connectivity index (χ3n) is 5.15. The predicted molar refractivity (Wildman–Crippen MR) is 109 cm³/mol. The van der Waals surface area contributed by atoms with Crippen molar-refractivity contribution in [1.82, 2.24) is 10.2 Å². The Hall–Kier alpha value is -2.66. The summed E-state index contributed by atoms with van der Waals surface area (Å²) >= 11 is 0. The van der Waals surface area contributed by atoms with E-state index in [2.05, 4.69) is 34.5 Å². The zero-order chi connectivity index (χ0) is 19.1. The van der Waals surface area contributed by atoms with Crippen LogP contribution in [0.5, 0.6) is 0 Å². The van der Waals surface area contributed by atoms with Gasteiger partial charge in [0.25, 0.3) is 0 Å². The van der Waals surface area contributed by atoms with Crippen molar-refractivity contribution in [2.75, 3.05) is 13.1 Å². The molecule has 5 heteroatoms. The largest absolute Gasteiger partial charge is 0.384 e. The van der Waals surface area contributed by atoms with E-state index in [9.17, 15) is 4.79 Å². The van der Waals surface area contributed by atoms with Crippen LogP contribution in [0, 0.1) is 5.41 Å². The third-order valence-corrected chi connectivity index (χ3v) is 5.15. The van der Waals surface area contributed by atoms with Gasteiger partial charge in [-0.2, -0.15) is 0 Å². The zero-order valence-corrected chi connectivity index (χ0v) is 15.7. The lowest BCUT2D eigenvalue weighted by Gasteiger charge is -2.23. The molecule has 2 aromatic carbocycles. The van der Waals surface area contributed by atoms with Gasteiger partial charge in [-0.05, 0) is 49.9 Å². The molecule has 0 saturated carbocycles. The molecule has 2 aromatic rings. The Balaban J connectivity index is 1.46. The molecule has 1 aliphatic rings. The van der Waals surface area contributed by atoms with Crippen LogP contribution in [0.1, 0.15) is 36.0 Å². The number of amides is 1. The van der Waals surface area contributed by atoms with Crippen molar-refractivity contribution in [2.24, 2.45) is 5.73 Å². The van der Waals surface area contributed by atoms with Gasteiger partial charge in [-0.1, -0.05) is 54.6 Å². The summed E-state index contributed by atoms with van der Waals surface area (Å²) in [6, 6.07) is 17.9. The molecule has 1 aliphatic heterocycles. The first-order valence-corrected chi connectivity index (χ1v) is 9.62. The monoisotopic (exact) mass is 364 g/mol. The number of rotatable bonds is 8. The molecule has 0 bridgehead atoms. The molecule has 1 heterocycles. The van der Waals surface area contributed by atoms with Gasteiger partial charge in [-0.3, -0.25) is 15.1 Å². The average molecular weight is 364 g/mol. The quantitative estimate of drug-likeness (QED) is 0.497. The summed E-state index contributed by atoms with van der Waals surface area (Å²) < 4.78 is 0. The average Bonchev–Trinajstić information content (AvgIpc) is 3.16. The van der Waals surface area contributed by atoms with Crippen molar-refractivity contribution in [1.29, 1.82) is 5.41 Å². The van der Waals surface area contributed by atoms with E-state index in [0.717, 1.165) is 44.3 Å². The number of amidine groups is 1. The topological polar surface area (TPSA) is 82.2 Å². The Bertz CT molecular complexity index is 758. The first-order chi connectivity index (χ1) is 13.1. The summed E-state index contributed by atoms with van der Waals surface area (Å²) in [6.45, 7) is 2.46. The number of carbonyl (C=O) groups is 1. The van der Waals surface area contributed by atoms with Crippen LogP contribution in [0.4, 0.5) is 0 Å². The van der Waals surface area contributed by atoms with Gasteiger partial charge >= 0.3 is 0 Å². The molecule has 0 unspecified atom stereocenters. The molecular formula is C22H28N4O. The van der Waals surface area contributed by atoms with Crippen LogP contribution in [-0.2, 0) is 17.8 Å². The number of nitrogens with two attached hydrogens (primary N) is 1. The van der Waals surface area contributed by atoms with E-state index in [1.807, 2.05) is 30.3 Å². The Morgan fingerprint density at radius 3 is 2.56 bits per heavy atom. The molecule has 1 fully saturated rings. The van der Waals surface area contributed by atoms with Crippen LogP contribution in [0.15, 0.2) is 54.6 Å². The standard InChI is InChI=1S/C22H28N4O/c23-21(24)19-12-10-18(11-13-19)16-25-22(27)20-9-5-15-26(20)14-4-8-17-6-2-1-3-7-17/h1-3,6-7,10-13,20H,4-5,8-9,14-16H2,(H3,23,24)(H,25,27)/t20-/m0/s1. The minimum atomic E-state index is -0.0164. The molecule has 5 nitrogen and oxygen atoms in total. The highest BCUT2D eigenvalue weighted by Gasteiger charge is 2.29. The molecule has 0 radical (unpaired) electrons. The summed E-state index contributed by atoms with van der Waals surface area (Å²) in [5.41, 5.74) is 8.54. The van der Waals surface area contributed by atoms with Gasteiger partial charge in [-0.15, -0.1) is 0 Å². The summed E-state index contributed by atoms with van der Waals surface area (Å²) in [7, 11) is 0. The lowest BCUT2D eigenvalue weighted by molar-refractivity contribution is -0.125. The van der Waals surface area contributed by atoms with Crippen LogP contribution < -0.4 is 11.1 Å². The summed E-state index contributed by atoms with van der Waals surface area (Å²) in [5, 5.41) is 10.5. The van der Waals surface area contributed by atoms with E-state index < -0.39 is 0 Å². The second kappa shape index (κ2) is 9.33. The number of hydrogen-bond donors (Lipinski definition) is 3. The first kappa shape index (κ1) is 19.1.